The van der Waals surface area contributed by atoms with Crippen LogP contribution in [0.15, 0.2) is 47.4 Å². The molecule has 0 spiro atoms. The Bertz CT molecular complexity index is 2150. The summed E-state index contributed by atoms with van der Waals surface area (Å²) in [5, 5.41) is 9.14. The molecule has 13 nitrogen and oxygen atoms in total. The van der Waals surface area contributed by atoms with E-state index in [9.17, 15) is 28.0 Å². The molecule has 3 aromatic heterocycles. The van der Waals surface area contributed by atoms with Crippen LogP contribution in [-0.2, 0) is 16.6 Å². The van der Waals surface area contributed by atoms with Crippen LogP contribution in [-0.4, -0.2) is 90.7 Å². The molecular weight excluding hydrogens is 684 g/mol. The van der Waals surface area contributed by atoms with E-state index in [2.05, 4.69) is 42.4 Å². The molecule has 15 heteroatoms. The molecule has 0 radical (unpaired) electrons. The molecule has 5 heterocycles. The maximum absolute atomic E-state index is 13.9. The van der Waals surface area contributed by atoms with E-state index in [-0.39, 0.29) is 41.9 Å². The molecule has 278 valence electrons. The van der Waals surface area contributed by atoms with Gasteiger partial charge in [-0.3, -0.25) is 38.4 Å². The second-order valence-corrected chi connectivity index (χ2v) is 14.2. The highest BCUT2D eigenvalue weighted by molar-refractivity contribution is 6.03. The predicted octanol–water partition coefficient (Wildman–Crippen LogP) is 3.81. The predicted molar refractivity (Wildman–Crippen MR) is 193 cm³/mol. The van der Waals surface area contributed by atoms with Gasteiger partial charge < -0.3 is 10.2 Å². The van der Waals surface area contributed by atoms with Crippen LogP contribution in [0.5, 0.6) is 0 Å². The minimum atomic E-state index is -2.82. The molecule has 3 amide bonds. The van der Waals surface area contributed by atoms with Crippen LogP contribution in [0.1, 0.15) is 84.5 Å². The highest BCUT2D eigenvalue weighted by Gasteiger charge is 2.32. The SMILES string of the molecule is Cc1cccc(C(=O)Nc2cn([C@H]3CC[C@H](CN4CCN(CC#Cc5cccc6c5n(C)c(=O)n6C5CCC(=O)NC5=O)CC4)CC3)nc2C(F)F)n1. The van der Waals surface area contributed by atoms with Crippen molar-refractivity contribution < 1.29 is 23.2 Å². The number of imide groups is 1. The fraction of sp³-hybridized carbons (Fsp3) is 0.474. The Morgan fingerprint density at radius 2 is 1.74 bits per heavy atom. The number of para-hydroxylation sites is 1. The lowest BCUT2D eigenvalue weighted by Gasteiger charge is -2.37. The number of anilines is 1. The van der Waals surface area contributed by atoms with Crippen LogP contribution in [0.25, 0.3) is 11.0 Å². The number of nitrogens with zero attached hydrogens (tertiary/aromatic N) is 7. The summed E-state index contributed by atoms with van der Waals surface area (Å²) in [5.74, 6) is 5.72. The highest BCUT2D eigenvalue weighted by Crippen LogP contribution is 2.35. The van der Waals surface area contributed by atoms with Gasteiger partial charge in [-0.1, -0.05) is 24.0 Å². The number of hydrogen-bond donors (Lipinski definition) is 2. The maximum atomic E-state index is 13.9. The summed E-state index contributed by atoms with van der Waals surface area (Å²) in [6.45, 7) is 6.96. The Labute approximate surface area is 305 Å². The van der Waals surface area contributed by atoms with Crippen LogP contribution in [0.2, 0.25) is 0 Å². The van der Waals surface area contributed by atoms with E-state index < -0.39 is 30.0 Å². The first-order chi connectivity index (χ1) is 25.5. The number of halogens is 2. The van der Waals surface area contributed by atoms with Crippen molar-refractivity contribution in [2.75, 3.05) is 44.6 Å². The van der Waals surface area contributed by atoms with Gasteiger partial charge in [0.2, 0.25) is 11.8 Å². The van der Waals surface area contributed by atoms with Crippen molar-refractivity contribution >= 4 is 34.4 Å². The average molecular weight is 728 g/mol. The highest BCUT2D eigenvalue weighted by atomic mass is 19.3. The summed E-state index contributed by atoms with van der Waals surface area (Å²) in [6.07, 6.45) is 2.76. The van der Waals surface area contributed by atoms with Gasteiger partial charge in [0, 0.05) is 58.1 Å². The van der Waals surface area contributed by atoms with Crippen LogP contribution in [0.4, 0.5) is 14.5 Å². The quantitative estimate of drug-likeness (QED) is 0.207. The summed E-state index contributed by atoms with van der Waals surface area (Å²) in [4.78, 5) is 59.2. The monoisotopic (exact) mass is 727 g/mol. The molecule has 1 saturated carbocycles. The first-order valence-corrected chi connectivity index (χ1v) is 18.1. The van der Waals surface area contributed by atoms with Gasteiger partial charge in [-0.05, 0) is 69.2 Å². The van der Waals surface area contributed by atoms with Crippen molar-refractivity contribution in [3.05, 3.63) is 75.7 Å². The average Bonchev–Trinajstić information content (AvgIpc) is 3.68. The fourth-order valence-electron chi connectivity index (χ4n) is 7.81. The second kappa shape index (κ2) is 15.4. The number of rotatable bonds is 8. The largest absolute Gasteiger partial charge is 0.329 e. The first kappa shape index (κ1) is 36.2. The number of piperidine rings is 1. The number of imidazole rings is 1. The molecule has 3 aliphatic rings. The van der Waals surface area contributed by atoms with Crippen molar-refractivity contribution in [2.24, 2.45) is 13.0 Å². The normalized spacial score (nSPS) is 21.4. The van der Waals surface area contributed by atoms with Gasteiger partial charge in [0.25, 0.3) is 12.3 Å². The molecule has 2 N–H and O–H groups in total. The molecule has 0 bridgehead atoms. The van der Waals surface area contributed by atoms with E-state index >= 15 is 0 Å². The van der Waals surface area contributed by atoms with Gasteiger partial charge in [-0.25, -0.2) is 18.6 Å². The van der Waals surface area contributed by atoms with Crippen molar-refractivity contribution in [3.63, 3.8) is 0 Å². The minimum Gasteiger partial charge on any atom is -0.318 e. The number of fused-ring (bicyclic) bond motifs is 1. The lowest BCUT2D eigenvalue weighted by atomic mass is 9.85. The van der Waals surface area contributed by atoms with Gasteiger partial charge in [-0.15, -0.1) is 0 Å². The number of nitrogens with one attached hydrogen (secondary N) is 2. The molecule has 1 unspecified atom stereocenters. The zero-order chi connectivity index (χ0) is 37.2. The Kier molecular flexibility index (Phi) is 10.5. The van der Waals surface area contributed by atoms with Gasteiger partial charge in [-0.2, -0.15) is 5.10 Å². The lowest BCUT2D eigenvalue weighted by molar-refractivity contribution is -0.135. The number of aryl methyl sites for hydroxylation is 2. The number of amides is 3. The Balaban J connectivity index is 0.900. The number of carbonyl (C=O) groups excluding carboxylic acids is 3. The molecule has 7 rings (SSSR count). The van der Waals surface area contributed by atoms with Crippen LogP contribution in [0.3, 0.4) is 0 Å². The summed E-state index contributed by atoms with van der Waals surface area (Å²) in [5.41, 5.74) is 2.09. The molecule has 4 aromatic rings. The van der Waals surface area contributed by atoms with Crippen molar-refractivity contribution in [2.45, 2.75) is 64.0 Å². The van der Waals surface area contributed by atoms with Gasteiger partial charge >= 0.3 is 5.69 Å². The summed E-state index contributed by atoms with van der Waals surface area (Å²) >= 11 is 0. The minimum absolute atomic E-state index is 0.00817. The molecule has 1 atom stereocenters. The van der Waals surface area contributed by atoms with Crippen molar-refractivity contribution in [3.8, 4) is 11.8 Å². The molecule has 3 fully saturated rings. The summed E-state index contributed by atoms with van der Waals surface area (Å²) in [6, 6.07) is 9.78. The first-order valence-electron chi connectivity index (χ1n) is 18.1. The number of benzene rings is 1. The Hall–Kier alpha value is -5.20. The number of hydrogen-bond acceptors (Lipinski definition) is 8. The van der Waals surface area contributed by atoms with Crippen LogP contribution >= 0.6 is 0 Å². The van der Waals surface area contributed by atoms with E-state index in [0.717, 1.165) is 58.4 Å². The van der Waals surface area contributed by atoms with E-state index in [1.807, 2.05) is 12.1 Å². The smallest absolute Gasteiger partial charge is 0.318 e. The van der Waals surface area contributed by atoms with E-state index in [0.29, 0.717) is 34.8 Å². The maximum Gasteiger partial charge on any atom is 0.329 e. The summed E-state index contributed by atoms with van der Waals surface area (Å²) < 4.78 is 32.4. The standard InChI is InChI=1S/C38H43F2N9O4/c1-24-6-3-9-28(41-24)36(51)42-29-23-48(44-33(29)35(39)40)27-13-11-25(12-14-27)22-47-20-18-46(19-21-47)17-5-8-26-7-4-10-30-34(26)45(2)38(53)49(30)31-15-16-32(50)43-37(31)52/h3-4,6-7,9-10,23,25,27,31,35H,11-22H2,1-2H3,(H,42,51)(H,43,50,52)/t25-,27-,31?. The molecule has 53 heavy (non-hydrogen) atoms. The van der Waals surface area contributed by atoms with E-state index in [1.54, 1.807) is 42.9 Å². The van der Waals surface area contributed by atoms with Gasteiger partial charge in [0.1, 0.15) is 11.7 Å². The number of aromatic nitrogens is 5. The topological polar surface area (TPSA) is 139 Å². The number of piperazine rings is 1. The molecule has 2 saturated heterocycles. The Morgan fingerprint density at radius 3 is 2.45 bits per heavy atom. The van der Waals surface area contributed by atoms with Crippen molar-refractivity contribution in [1.29, 1.82) is 0 Å². The zero-order valence-electron chi connectivity index (χ0n) is 29.9. The van der Waals surface area contributed by atoms with Gasteiger partial charge in [0.05, 0.1) is 34.9 Å². The molecule has 1 aromatic carbocycles. The van der Waals surface area contributed by atoms with Gasteiger partial charge in [0.15, 0.2) is 5.69 Å². The molecular formula is C38H43F2N9O4. The van der Waals surface area contributed by atoms with Crippen molar-refractivity contribution in [1.82, 2.24) is 39.0 Å². The van der Waals surface area contributed by atoms with Crippen LogP contribution < -0.4 is 16.3 Å². The second-order valence-electron chi connectivity index (χ2n) is 14.2. The Morgan fingerprint density at radius 1 is 1.00 bits per heavy atom. The molecule has 1 aliphatic carbocycles. The third-order valence-corrected chi connectivity index (χ3v) is 10.7. The van der Waals surface area contributed by atoms with E-state index in [1.165, 1.54) is 15.3 Å². The van der Waals surface area contributed by atoms with Crippen LogP contribution in [0, 0.1) is 24.7 Å². The lowest BCUT2D eigenvalue weighted by Crippen LogP contribution is -2.48. The fourth-order valence-corrected chi connectivity index (χ4v) is 7.81. The third-order valence-electron chi connectivity index (χ3n) is 10.7. The number of carbonyl (C=O) groups is 3. The third kappa shape index (κ3) is 7.79. The number of alkyl halides is 2. The van der Waals surface area contributed by atoms with E-state index in [4.69, 9.17) is 0 Å². The number of pyridine rings is 1. The summed E-state index contributed by atoms with van der Waals surface area (Å²) in [7, 11) is 1.67. The zero-order valence-corrected chi connectivity index (χ0v) is 29.9. The molecule has 2 aliphatic heterocycles.